The van der Waals surface area contributed by atoms with Crippen LogP contribution in [0, 0.1) is 10.5 Å². The maximum absolute atomic E-state index is 12.1. The Balaban J connectivity index is 2.23. The summed E-state index contributed by atoms with van der Waals surface area (Å²) in [7, 11) is 1.85. The highest BCUT2D eigenvalue weighted by atomic mass is 127. The summed E-state index contributed by atoms with van der Waals surface area (Å²) in [5.74, 6) is 0.122. The van der Waals surface area contributed by atoms with E-state index in [1.165, 1.54) is 0 Å². The third-order valence-electron chi connectivity index (χ3n) is 2.60. The Kier molecular flexibility index (Phi) is 3.61. The number of Topliss-reactive ketones (excluding diaryl/α,β-unsaturated/α-hetero) is 1. The average Bonchev–Trinajstić information content (AvgIpc) is 2.68. The lowest BCUT2D eigenvalue weighted by atomic mass is 10.0. The number of hydrogen-bond acceptors (Lipinski definition) is 2. The average molecular weight is 340 g/mol. The molecule has 1 aromatic carbocycles. The molecule has 2 rings (SSSR count). The number of nitrogens with zero attached hydrogens (tertiary/aromatic N) is 2. The summed E-state index contributed by atoms with van der Waals surface area (Å²) >= 11 is 2.22. The maximum Gasteiger partial charge on any atom is 0.169 e. The van der Waals surface area contributed by atoms with Crippen molar-refractivity contribution in [1.29, 1.82) is 0 Å². The smallest absolute Gasteiger partial charge is 0.169 e. The van der Waals surface area contributed by atoms with Gasteiger partial charge in [-0.2, -0.15) is 5.10 Å². The van der Waals surface area contributed by atoms with Gasteiger partial charge in [0.1, 0.15) is 0 Å². The molecular weight excluding hydrogens is 327 g/mol. The minimum absolute atomic E-state index is 0.122. The molecule has 88 valence electrons. The third-order valence-corrected chi connectivity index (χ3v) is 4.03. The molecule has 0 aliphatic carbocycles. The van der Waals surface area contributed by atoms with Gasteiger partial charge in [-0.1, -0.05) is 18.2 Å². The van der Waals surface area contributed by atoms with Gasteiger partial charge in [-0.25, -0.2) is 0 Å². The lowest BCUT2D eigenvalue weighted by Gasteiger charge is -2.05. The second-order valence-corrected chi connectivity index (χ2v) is 5.10. The number of ketones is 1. The molecule has 2 aromatic rings. The van der Waals surface area contributed by atoms with E-state index in [0.717, 1.165) is 20.4 Å². The van der Waals surface area contributed by atoms with Crippen LogP contribution in [-0.2, 0) is 13.5 Å². The van der Waals surface area contributed by atoms with Crippen molar-refractivity contribution in [2.45, 2.75) is 13.3 Å². The van der Waals surface area contributed by atoms with Crippen molar-refractivity contribution in [3.8, 4) is 0 Å². The zero-order chi connectivity index (χ0) is 12.4. The highest BCUT2D eigenvalue weighted by Crippen LogP contribution is 2.18. The Morgan fingerprint density at radius 1 is 1.41 bits per heavy atom. The molecule has 4 heteroatoms. The molecule has 0 amide bonds. The highest BCUT2D eigenvalue weighted by Gasteiger charge is 2.13. The number of aryl methyl sites for hydroxylation is 2. The van der Waals surface area contributed by atoms with Gasteiger partial charge in [-0.15, -0.1) is 0 Å². The number of carbonyl (C=O) groups is 1. The second kappa shape index (κ2) is 5.00. The zero-order valence-corrected chi connectivity index (χ0v) is 11.9. The summed E-state index contributed by atoms with van der Waals surface area (Å²) < 4.78 is 2.75. The van der Waals surface area contributed by atoms with Crippen LogP contribution in [0.5, 0.6) is 0 Å². The fraction of sp³-hybridized carbons (Fsp3) is 0.231. The number of benzene rings is 1. The van der Waals surface area contributed by atoms with E-state index in [4.69, 9.17) is 0 Å². The molecule has 0 bridgehead atoms. The Hall–Kier alpha value is -1.17. The normalized spacial score (nSPS) is 10.5. The van der Waals surface area contributed by atoms with Crippen LogP contribution in [0.3, 0.4) is 0 Å². The zero-order valence-electron chi connectivity index (χ0n) is 9.77. The molecule has 17 heavy (non-hydrogen) atoms. The van der Waals surface area contributed by atoms with Crippen molar-refractivity contribution in [3.05, 3.63) is 50.9 Å². The van der Waals surface area contributed by atoms with Crippen LogP contribution < -0.4 is 0 Å². The maximum atomic E-state index is 12.1. The summed E-state index contributed by atoms with van der Waals surface area (Å²) in [6.07, 6.45) is 2.21. The molecule has 1 aromatic heterocycles. The van der Waals surface area contributed by atoms with Crippen LogP contribution >= 0.6 is 22.6 Å². The van der Waals surface area contributed by atoms with Gasteiger partial charge >= 0.3 is 0 Å². The van der Waals surface area contributed by atoms with Crippen LogP contribution in [0.25, 0.3) is 0 Å². The molecule has 0 saturated heterocycles. The first-order valence-corrected chi connectivity index (χ1v) is 6.42. The van der Waals surface area contributed by atoms with E-state index in [1.807, 2.05) is 44.4 Å². The first kappa shape index (κ1) is 12.3. The lowest BCUT2D eigenvalue weighted by molar-refractivity contribution is 0.0991. The van der Waals surface area contributed by atoms with Gasteiger partial charge in [0, 0.05) is 22.4 Å². The molecule has 0 aliphatic rings. The van der Waals surface area contributed by atoms with Crippen molar-refractivity contribution in [3.63, 3.8) is 0 Å². The van der Waals surface area contributed by atoms with Crippen molar-refractivity contribution in [2.24, 2.45) is 7.05 Å². The van der Waals surface area contributed by atoms with Gasteiger partial charge < -0.3 is 0 Å². The van der Waals surface area contributed by atoms with Gasteiger partial charge in [-0.3, -0.25) is 9.48 Å². The Morgan fingerprint density at radius 2 is 2.18 bits per heavy atom. The summed E-state index contributed by atoms with van der Waals surface area (Å²) in [6, 6.07) is 7.68. The SMILES string of the molecule is Cc1cccc(C(=O)Cc2ccn(C)n2)c1I. The third kappa shape index (κ3) is 2.74. The van der Waals surface area contributed by atoms with E-state index in [-0.39, 0.29) is 5.78 Å². The fourth-order valence-electron chi connectivity index (χ4n) is 1.68. The first-order valence-electron chi connectivity index (χ1n) is 5.35. The first-order chi connectivity index (χ1) is 8.08. The van der Waals surface area contributed by atoms with Gasteiger partial charge in [0.15, 0.2) is 5.78 Å². The van der Waals surface area contributed by atoms with Gasteiger partial charge in [0.25, 0.3) is 0 Å². The van der Waals surface area contributed by atoms with Crippen LogP contribution in [0.1, 0.15) is 21.6 Å². The number of aromatic nitrogens is 2. The Bertz CT molecular complexity index is 560. The van der Waals surface area contributed by atoms with Crippen molar-refractivity contribution >= 4 is 28.4 Å². The summed E-state index contributed by atoms with van der Waals surface area (Å²) in [4.78, 5) is 12.1. The quantitative estimate of drug-likeness (QED) is 0.636. The van der Waals surface area contributed by atoms with Gasteiger partial charge in [0.05, 0.1) is 12.1 Å². The summed E-state index contributed by atoms with van der Waals surface area (Å²) in [5.41, 5.74) is 2.74. The number of carbonyl (C=O) groups excluding carboxylic acids is 1. The fourth-order valence-corrected chi connectivity index (χ4v) is 2.34. The van der Waals surface area contributed by atoms with Crippen LogP contribution in [0.15, 0.2) is 30.5 Å². The molecule has 0 unspecified atom stereocenters. The van der Waals surface area contributed by atoms with Gasteiger partial charge in [-0.05, 0) is 41.1 Å². The summed E-state index contributed by atoms with van der Waals surface area (Å²) in [5, 5.41) is 4.22. The molecule has 0 aliphatic heterocycles. The van der Waals surface area contributed by atoms with Crippen LogP contribution in [-0.4, -0.2) is 15.6 Å². The second-order valence-electron chi connectivity index (χ2n) is 4.02. The van der Waals surface area contributed by atoms with E-state index in [2.05, 4.69) is 27.7 Å². The van der Waals surface area contributed by atoms with E-state index < -0.39 is 0 Å². The van der Waals surface area contributed by atoms with Crippen molar-refractivity contribution in [1.82, 2.24) is 9.78 Å². The molecule has 3 nitrogen and oxygen atoms in total. The van der Waals surface area contributed by atoms with E-state index in [0.29, 0.717) is 6.42 Å². The van der Waals surface area contributed by atoms with Gasteiger partial charge in [0.2, 0.25) is 0 Å². The molecule has 0 radical (unpaired) electrons. The minimum atomic E-state index is 0.122. The molecular formula is C13H13IN2O. The lowest BCUT2D eigenvalue weighted by Crippen LogP contribution is -2.07. The van der Waals surface area contributed by atoms with Crippen molar-refractivity contribution < 1.29 is 4.79 Å². The van der Waals surface area contributed by atoms with E-state index in [1.54, 1.807) is 4.68 Å². The minimum Gasteiger partial charge on any atom is -0.294 e. The monoisotopic (exact) mass is 340 g/mol. The number of hydrogen-bond donors (Lipinski definition) is 0. The molecule has 0 fully saturated rings. The topological polar surface area (TPSA) is 34.9 Å². The van der Waals surface area contributed by atoms with Crippen LogP contribution in [0.2, 0.25) is 0 Å². The summed E-state index contributed by atoms with van der Waals surface area (Å²) in [6.45, 7) is 2.01. The van der Waals surface area contributed by atoms with E-state index >= 15 is 0 Å². The molecule has 0 N–H and O–H groups in total. The Morgan fingerprint density at radius 3 is 2.82 bits per heavy atom. The molecule has 0 atom stereocenters. The Labute approximate surface area is 114 Å². The van der Waals surface area contributed by atoms with Crippen molar-refractivity contribution in [2.75, 3.05) is 0 Å². The standard InChI is InChI=1S/C13H13IN2O/c1-9-4-3-5-11(13(9)14)12(17)8-10-6-7-16(2)15-10/h3-7H,8H2,1-2H3. The molecule has 1 heterocycles. The number of rotatable bonds is 3. The molecule has 0 saturated carbocycles. The van der Waals surface area contributed by atoms with Crippen LogP contribution in [0.4, 0.5) is 0 Å². The highest BCUT2D eigenvalue weighted by molar-refractivity contribution is 14.1. The predicted octanol–water partition coefficient (Wildman–Crippen LogP) is 2.76. The number of halogens is 1. The largest absolute Gasteiger partial charge is 0.294 e. The van der Waals surface area contributed by atoms with E-state index in [9.17, 15) is 4.79 Å². The molecule has 0 spiro atoms. The predicted molar refractivity (Wildman–Crippen MR) is 75.1 cm³/mol.